The molecule has 1 fully saturated rings. The maximum Gasteiger partial charge on any atom is 0.229 e. The smallest absolute Gasteiger partial charge is 0.229 e. The Morgan fingerprint density at radius 2 is 1.58 bits per heavy atom. The molecule has 33 heavy (non-hydrogen) atoms. The zero-order valence-corrected chi connectivity index (χ0v) is 19.2. The summed E-state index contributed by atoms with van der Waals surface area (Å²) in [5, 5.41) is 9.52. The lowest BCUT2D eigenvalue weighted by molar-refractivity contribution is -0.116. The number of amides is 1. The third-order valence-electron chi connectivity index (χ3n) is 5.90. The number of rotatable bonds is 9. The number of hydrogen-bond acceptors (Lipinski definition) is 6. The molecule has 0 saturated heterocycles. The number of hydrogen-bond donors (Lipinski definition) is 3. The molecule has 4 rings (SSSR count). The van der Waals surface area contributed by atoms with Crippen molar-refractivity contribution in [2.24, 2.45) is 5.92 Å². The Morgan fingerprint density at radius 1 is 0.939 bits per heavy atom. The highest BCUT2D eigenvalue weighted by Gasteiger charge is 2.16. The Kier molecular flexibility index (Phi) is 7.40. The fourth-order valence-corrected chi connectivity index (χ4v) is 4.13. The second kappa shape index (κ2) is 10.8. The lowest BCUT2D eigenvalue weighted by Gasteiger charge is -2.11. The minimum absolute atomic E-state index is 0.0823. The van der Waals surface area contributed by atoms with Crippen molar-refractivity contribution in [3.63, 3.8) is 0 Å². The van der Waals surface area contributed by atoms with E-state index in [-0.39, 0.29) is 5.91 Å². The molecule has 7 heteroatoms. The maximum absolute atomic E-state index is 12.2. The first kappa shape index (κ1) is 22.6. The Morgan fingerprint density at radius 3 is 2.27 bits per heavy atom. The van der Waals surface area contributed by atoms with Gasteiger partial charge in [-0.3, -0.25) is 4.79 Å². The molecule has 0 unspecified atom stereocenters. The van der Waals surface area contributed by atoms with Crippen molar-refractivity contribution < 1.29 is 9.53 Å². The number of nitrogens with one attached hydrogen (secondary N) is 3. The number of aromatic nitrogens is 2. The molecule has 7 nitrogen and oxygen atoms in total. The summed E-state index contributed by atoms with van der Waals surface area (Å²) in [6.07, 6.45) is 6.74. The van der Waals surface area contributed by atoms with E-state index in [0.29, 0.717) is 18.2 Å². The van der Waals surface area contributed by atoms with Crippen LogP contribution in [0.15, 0.2) is 54.6 Å². The van der Waals surface area contributed by atoms with Crippen LogP contribution in [0, 0.1) is 12.8 Å². The molecule has 1 aliphatic rings. The fourth-order valence-electron chi connectivity index (χ4n) is 4.13. The molecule has 0 atom stereocenters. The van der Waals surface area contributed by atoms with Gasteiger partial charge in [-0.05, 0) is 67.8 Å². The van der Waals surface area contributed by atoms with Gasteiger partial charge in [0.25, 0.3) is 0 Å². The molecule has 1 aromatic heterocycles. The monoisotopic (exact) mass is 445 g/mol. The van der Waals surface area contributed by atoms with Gasteiger partial charge in [-0.1, -0.05) is 25.7 Å². The van der Waals surface area contributed by atoms with Crippen LogP contribution < -0.4 is 20.7 Å². The predicted molar refractivity (Wildman–Crippen MR) is 133 cm³/mol. The van der Waals surface area contributed by atoms with E-state index < -0.39 is 0 Å². The summed E-state index contributed by atoms with van der Waals surface area (Å²) in [4.78, 5) is 21.3. The van der Waals surface area contributed by atoms with Gasteiger partial charge in [0.2, 0.25) is 11.9 Å². The van der Waals surface area contributed by atoms with Crippen LogP contribution in [0.2, 0.25) is 0 Å². The van der Waals surface area contributed by atoms with Crippen LogP contribution in [-0.4, -0.2) is 23.0 Å². The van der Waals surface area contributed by atoms with E-state index in [0.717, 1.165) is 40.8 Å². The highest BCUT2D eigenvalue weighted by Crippen LogP contribution is 2.28. The van der Waals surface area contributed by atoms with Crippen LogP contribution in [0.1, 0.15) is 44.2 Å². The summed E-state index contributed by atoms with van der Waals surface area (Å²) in [6, 6.07) is 17.1. The molecular formula is C26H31N5O2. The Bertz CT molecular complexity index is 1060. The Hall–Kier alpha value is -3.61. The van der Waals surface area contributed by atoms with Gasteiger partial charge in [-0.15, -0.1) is 0 Å². The van der Waals surface area contributed by atoms with Crippen molar-refractivity contribution in [2.45, 2.75) is 45.4 Å². The molecule has 1 saturated carbocycles. The zero-order chi connectivity index (χ0) is 23.0. The average Bonchev–Trinajstić information content (AvgIpc) is 3.33. The zero-order valence-electron chi connectivity index (χ0n) is 19.2. The quantitative estimate of drug-likeness (QED) is 0.364. The van der Waals surface area contributed by atoms with E-state index in [2.05, 4.69) is 25.9 Å². The number of methoxy groups -OCH3 is 1. The van der Waals surface area contributed by atoms with Crippen LogP contribution >= 0.6 is 0 Å². The summed E-state index contributed by atoms with van der Waals surface area (Å²) in [5.74, 6) is 2.80. The van der Waals surface area contributed by atoms with Gasteiger partial charge in [0.15, 0.2) is 0 Å². The molecule has 0 aliphatic heterocycles. The summed E-state index contributed by atoms with van der Waals surface area (Å²) in [6.45, 7) is 1.93. The van der Waals surface area contributed by atoms with E-state index in [9.17, 15) is 4.79 Å². The Balaban J connectivity index is 1.33. The van der Waals surface area contributed by atoms with Crippen LogP contribution in [-0.2, 0) is 4.79 Å². The van der Waals surface area contributed by atoms with Crippen molar-refractivity contribution in [3.8, 4) is 5.75 Å². The van der Waals surface area contributed by atoms with Gasteiger partial charge >= 0.3 is 0 Å². The molecule has 1 heterocycles. The molecule has 1 aliphatic carbocycles. The van der Waals surface area contributed by atoms with Gasteiger partial charge in [0.1, 0.15) is 11.6 Å². The predicted octanol–water partition coefficient (Wildman–Crippen LogP) is 6.19. The van der Waals surface area contributed by atoms with E-state index in [1.54, 1.807) is 7.11 Å². The molecule has 172 valence electrons. The minimum Gasteiger partial charge on any atom is -0.497 e. The second-order valence-electron chi connectivity index (χ2n) is 8.51. The normalized spacial score (nSPS) is 13.5. The molecule has 3 N–H and O–H groups in total. The van der Waals surface area contributed by atoms with Crippen molar-refractivity contribution in [3.05, 3.63) is 60.3 Å². The van der Waals surface area contributed by atoms with Crippen molar-refractivity contribution in [1.29, 1.82) is 0 Å². The maximum atomic E-state index is 12.2. The number of carbonyl (C=O) groups is 1. The third kappa shape index (κ3) is 6.68. The topological polar surface area (TPSA) is 88.2 Å². The lowest BCUT2D eigenvalue weighted by Crippen LogP contribution is -2.12. The van der Waals surface area contributed by atoms with Crippen LogP contribution in [0.4, 0.5) is 28.8 Å². The first-order chi connectivity index (χ1) is 16.1. The average molecular weight is 446 g/mol. The van der Waals surface area contributed by atoms with Crippen molar-refractivity contribution in [1.82, 2.24) is 9.97 Å². The summed E-state index contributed by atoms with van der Waals surface area (Å²) < 4.78 is 5.20. The van der Waals surface area contributed by atoms with E-state index in [4.69, 9.17) is 4.74 Å². The largest absolute Gasteiger partial charge is 0.497 e. The number of nitrogens with zero attached hydrogens (tertiary/aromatic N) is 2. The van der Waals surface area contributed by atoms with E-state index in [1.807, 2.05) is 61.5 Å². The molecule has 0 bridgehead atoms. The third-order valence-corrected chi connectivity index (χ3v) is 5.90. The number of benzene rings is 2. The molecule has 0 radical (unpaired) electrons. The van der Waals surface area contributed by atoms with Crippen LogP contribution in [0.25, 0.3) is 0 Å². The van der Waals surface area contributed by atoms with Crippen LogP contribution in [0.5, 0.6) is 5.75 Å². The first-order valence-corrected chi connectivity index (χ1v) is 11.5. The molecule has 3 aromatic rings. The first-order valence-electron chi connectivity index (χ1n) is 11.5. The van der Waals surface area contributed by atoms with Gasteiger partial charge in [0, 0.05) is 35.2 Å². The van der Waals surface area contributed by atoms with Gasteiger partial charge < -0.3 is 20.7 Å². The SMILES string of the molecule is COc1ccc(Nc2cc(C)nc(Nc3ccc(NC(=O)CCC4CCCC4)cc3)n2)cc1. The molecule has 0 spiro atoms. The minimum atomic E-state index is 0.0823. The van der Waals surface area contributed by atoms with Crippen molar-refractivity contribution >= 4 is 34.7 Å². The standard InChI is InChI=1S/C26H31N5O2/c1-18-17-24(28-20-12-14-23(33-2)15-13-20)31-26(27-18)30-22-10-8-21(9-11-22)29-25(32)16-7-19-5-3-4-6-19/h8-15,17,19H,3-7,16H2,1-2H3,(H,29,32)(H2,27,28,30,31). The second-order valence-corrected chi connectivity index (χ2v) is 8.51. The number of aryl methyl sites for hydroxylation is 1. The van der Waals surface area contributed by atoms with Crippen LogP contribution in [0.3, 0.4) is 0 Å². The Labute approximate surface area is 195 Å². The highest BCUT2D eigenvalue weighted by molar-refractivity contribution is 5.90. The van der Waals surface area contributed by atoms with E-state index >= 15 is 0 Å². The summed E-state index contributed by atoms with van der Waals surface area (Å²) >= 11 is 0. The molecule has 2 aromatic carbocycles. The highest BCUT2D eigenvalue weighted by atomic mass is 16.5. The molecule has 1 amide bonds. The fraction of sp³-hybridized carbons (Fsp3) is 0.346. The number of ether oxygens (including phenoxy) is 1. The summed E-state index contributed by atoms with van der Waals surface area (Å²) in [5.41, 5.74) is 3.39. The number of anilines is 5. The van der Waals surface area contributed by atoms with Gasteiger partial charge in [-0.2, -0.15) is 4.98 Å². The lowest BCUT2D eigenvalue weighted by atomic mass is 10.0. The molecular weight excluding hydrogens is 414 g/mol. The number of carbonyl (C=O) groups excluding carboxylic acids is 1. The van der Waals surface area contributed by atoms with E-state index in [1.165, 1.54) is 25.7 Å². The van der Waals surface area contributed by atoms with Crippen molar-refractivity contribution in [2.75, 3.05) is 23.1 Å². The van der Waals surface area contributed by atoms with Gasteiger partial charge in [0.05, 0.1) is 7.11 Å². The van der Waals surface area contributed by atoms with Gasteiger partial charge in [-0.25, -0.2) is 4.98 Å². The summed E-state index contributed by atoms with van der Waals surface area (Å²) in [7, 11) is 1.64.